The van der Waals surface area contributed by atoms with E-state index < -0.39 is 11.9 Å². The molecule has 0 unspecified atom stereocenters. The molecule has 0 aliphatic rings. The first-order valence-electron chi connectivity index (χ1n) is 9.21. The number of alkyl halides is 3. The number of aryl methyl sites for hydroxylation is 2. The number of hydrogen-bond acceptors (Lipinski definition) is 5. The van der Waals surface area contributed by atoms with Crippen LogP contribution in [-0.2, 0) is 19.1 Å². The molecule has 0 aliphatic heterocycles. The number of rotatable bonds is 6. The van der Waals surface area contributed by atoms with E-state index in [0.29, 0.717) is 30.5 Å². The van der Waals surface area contributed by atoms with Gasteiger partial charge in [0.15, 0.2) is 17.5 Å². The Hall–Kier alpha value is -2.22. The maximum absolute atomic E-state index is 12.6. The van der Waals surface area contributed by atoms with Gasteiger partial charge in [-0.05, 0) is 31.5 Å². The van der Waals surface area contributed by atoms with Crippen LogP contribution in [0.1, 0.15) is 27.7 Å². The number of pyridine rings is 1. The lowest BCUT2D eigenvalue weighted by molar-refractivity contribution is -0.140. The van der Waals surface area contributed by atoms with Gasteiger partial charge in [0.05, 0.1) is 10.7 Å². The number of nitrogens with zero attached hydrogens (tertiary/aromatic N) is 5. The predicted molar refractivity (Wildman–Crippen MR) is 125 cm³/mol. The lowest BCUT2D eigenvalue weighted by Crippen LogP contribution is -2.37. The SMILES string of the molecule is CN=C(NCCc1nc(C(F)(F)F)cs1)NCc1ccc(-n2nc(C)cc2C)nc1.I. The zero-order chi connectivity index (χ0) is 21.7. The van der Waals surface area contributed by atoms with E-state index in [1.807, 2.05) is 32.0 Å². The summed E-state index contributed by atoms with van der Waals surface area (Å²) in [6.07, 6.45) is -2.26. The van der Waals surface area contributed by atoms with Crippen LogP contribution in [0.15, 0.2) is 34.8 Å². The second-order valence-electron chi connectivity index (χ2n) is 6.59. The highest BCUT2D eigenvalue weighted by Crippen LogP contribution is 2.30. The van der Waals surface area contributed by atoms with Crippen molar-refractivity contribution in [2.45, 2.75) is 33.0 Å². The lowest BCUT2D eigenvalue weighted by atomic mass is 10.3. The first-order valence-corrected chi connectivity index (χ1v) is 10.1. The average Bonchev–Trinajstić information content (AvgIpc) is 3.31. The van der Waals surface area contributed by atoms with Gasteiger partial charge in [0.1, 0.15) is 0 Å². The van der Waals surface area contributed by atoms with E-state index in [1.165, 1.54) is 0 Å². The molecular formula is C19H23F3IN7S. The third-order valence-corrected chi connectivity index (χ3v) is 5.10. The molecular weight excluding hydrogens is 542 g/mol. The van der Waals surface area contributed by atoms with Gasteiger partial charge in [0.2, 0.25) is 0 Å². The van der Waals surface area contributed by atoms with Crippen molar-refractivity contribution in [3.05, 3.63) is 57.4 Å². The average molecular weight is 565 g/mol. The molecule has 12 heteroatoms. The van der Waals surface area contributed by atoms with Gasteiger partial charge in [-0.2, -0.15) is 18.3 Å². The number of thiazole rings is 1. The summed E-state index contributed by atoms with van der Waals surface area (Å²) in [5, 5.41) is 12.1. The van der Waals surface area contributed by atoms with E-state index in [4.69, 9.17) is 0 Å². The molecule has 3 aromatic rings. The number of hydrogen-bond donors (Lipinski definition) is 2. The summed E-state index contributed by atoms with van der Waals surface area (Å²) in [6.45, 7) is 4.83. The third kappa shape index (κ3) is 6.89. The maximum atomic E-state index is 12.6. The summed E-state index contributed by atoms with van der Waals surface area (Å²) in [6, 6.07) is 5.84. The Labute approximate surface area is 199 Å². The van der Waals surface area contributed by atoms with E-state index >= 15 is 0 Å². The molecule has 0 aliphatic carbocycles. The highest BCUT2D eigenvalue weighted by atomic mass is 127. The number of nitrogens with one attached hydrogen (secondary N) is 2. The van der Waals surface area contributed by atoms with Gasteiger partial charge in [-0.15, -0.1) is 35.3 Å². The highest BCUT2D eigenvalue weighted by molar-refractivity contribution is 14.0. The second-order valence-corrected chi connectivity index (χ2v) is 7.53. The summed E-state index contributed by atoms with van der Waals surface area (Å²) < 4.78 is 39.6. The lowest BCUT2D eigenvalue weighted by Gasteiger charge is -2.11. The van der Waals surface area contributed by atoms with Crippen LogP contribution in [0.3, 0.4) is 0 Å². The Morgan fingerprint density at radius 1 is 1.23 bits per heavy atom. The molecule has 0 spiro atoms. The Morgan fingerprint density at radius 3 is 2.55 bits per heavy atom. The Balaban J connectivity index is 0.00000341. The highest BCUT2D eigenvalue weighted by Gasteiger charge is 2.33. The van der Waals surface area contributed by atoms with Crippen molar-refractivity contribution < 1.29 is 13.2 Å². The molecule has 7 nitrogen and oxygen atoms in total. The fourth-order valence-corrected chi connectivity index (χ4v) is 3.56. The topological polar surface area (TPSA) is 80.0 Å². The normalized spacial score (nSPS) is 11.9. The van der Waals surface area contributed by atoms with Crippen LogP contribution in [0, 0.1) is 13.8 Å². The molecule has 0 atom stereocenters. The molecule has 0 aromatic carbocycles. The van der Waals surface area contributed by atoms with Gasteiger partial charge in [0, 0.05) is 43.8 Å². The largest absolute Gasteiger partial charge is 0.434 e. The van der Waals surface area contributed by atoms with Gasteiger partial charge in [-0.3, -0.25) is 4.99 Å². The molecule has 168 valence electrons. The summed E-state index contributed by atoms with van der Waals surface area (Å²) >= 11 is 1.00. The van der Waals surface area contributed by atoms with Gasteiger partial charge in [-0.1, -0.05) is 6.07 Å². The van der Waals surface area contributed by atoms with Crippen molar-refractivity contribution in [3.8, 4) is 5.82 Å². The van der Waals surface area contributed by atoms with Gasteiger partial charge in [0.25, 0.3) is 0 Å². The van der Waals surface area contributed by atoms with E-state index in [-0.39, 0.29) is 24.0 Å². The number of aliphatic imine (C=N–C) groups is 1. The molecule has 0 fully saturated rings. The minimum absolute atomic E-state index is 0. The number of guanidine groups is 1. The number of halogens is 4. The Morgan fingerprint density at radius 2 is 2.00 bits per heavy atom. The molecule has 2 N–H and O–H groups in total. The summed E-state index contributed by atoms with van der Waals surface area (Å²) in [5.41, 5.74) is 2.06. The number of aromatic nitrogens is 4. The summed E-state index contributed by atoms with van der Waals surface area (Å²) in [5.74, 6) is 1.29. The maximum Gasteiger partial charge on any atom is 0.434 e. The molecule has 0 amide bonds. The van der Waals surface area contributed by atoms with Crippen molar-refractivity contribution in [2.75, 3.05) is 13.6 Å². The monoisotopic (exact) mass is 565 g/mol. The fourth-order valence-electron chi connectivity index (χ4n) is 2.76. The smallest absolute Gasteiger partial charge is 0.356 e. The second kappa shape index (κ2) is 10.9. The fraction of sp³-hybridized carbons (Fsp3) is 0.368. The quantitative estimate of drug-likeness (QED) is 0.270. The van der Waals surface area contributed by atoms with Crippen molar-refractivity contribution in [1.29, 1.82) is 0 Å². The molecule has 31 heavy (non-hydrogen) atoms. The van der Waals surface area contributed by atoms with E-state index in [9.17, 15) is 13.2 Å². The zero-order valence-corrected chi connectivity index (χ0v) is 20.3. The molecule has 3 aromatic heterocycles. The van der Waals surface area contributed by atoms with Crippen LogP contribution in [-0.4, -0.2) is 39.3 Å². The Bertz CT molecular complexity index is 1010. The first-order chi connectivity index (χ1) is 14.3. The molecule has 0 saturated heterocycles. The van der Waals surface area contributed by atoms with Crippen LogP contribution < -0.4 is 10.6 Å². The van der Waals surface area contributed by atoms with Crippen LogP contribution in [0.2, 0.25) is 0 Å². The third-order valence-electron chi connectivity index (χ3n) is 4.19. The Kier molecular flexibility index (Phi) is 8.79. The standard InChI is InChI=1S/C19H22F3N7S.HI/c1-12-8-13(2)29(28-12)16-5-4-14(9-25-16)10-26-18(23-3)24-7-6-17-27-15(11-30-17)19(20,21)22;/h4-5,8-9,11H,6-7,10H2,1-3H3,(H2,23,24,26);1H. The van der Waals surface area contributed by atoms with Gasteiger partial charge >= 0.3 is 6.18 Å². The predicted octanol–water partition coefficient (Wildman–Crippen LogP) is 3.89. The summed E-state index contributed by atoms with van der Waals surface area (Å²) in [7, 11) is 1.63. The zero-order valence-electron chi connectivity index (χ0n) is 17.2. The molecule has 0 radical (unpaired) electrons. The van der Waals surface area contributed by atoms with E-state index in [2.05, 4.69) is 30.7 Å². The molecule has 0 saturated carbocycles. The van der Waals surface area contributed by atoms with Crippen molar-refractivity contribution in [2.24, 2.45) is 4.99 Å². The van der Waals surface area contributed by atoms with Crippen molar-refractivity contribution >= 4 is 41.3 Å². The van der Waals surface area contributed by atoms with Gasteiger partial charge < -0.3 is 10.6 Å². The van der Waals surface area contributed by atoms with Crippen molar-refractivity contribution in [3.63, 3.8) is 0 Å². The van der Waals surface area contributed by atoms with Crippen LogP contribution >= 0.6 is 35.3 Å². The molecule has 0 bridgehead atoms. The van der Waals surface area contributed by atoms with Gasteiger partial charge in [-0.25, -0.2) is 14.6 Å². The van der Waals surface area contributed by atoms with E-state index in [0.717, 1.165) is 39.5 Å². The minimum atomic E-state index is -4.40. The first kappa shape index (κ1) is 25.0. The van der Waals surface area contributed by atoms with Crippen LogP contribution in [0.5, 0.6) is 0 Å². The summed E-state index contributed by atoms with van der Waals surface area (Å²) in [4.78, 5) is 12.2. The van der Waals surface area contributed by atoms with Crippen LogP contribution in [0.4, 0.5) is 13.2 Å². The molecule has 3 rings (SSSR count). The minimum Gasteiger partial charge on any atom is -0.356 e. The molecule has 3 heterocycles. The van der Waals surface area contributed by atoms with E-state index in [1.54, 1.807) is 17.9 Å². The van der Waals surface area contributed by atoms with Crippen molar-refractivity contribution in [1.82, 2.24) is 30.4 Å². The van der Waals surface area contributed by atoms with Crippen LogP contribution in [0.25, 0.3) is 5.82 Å².